The van der Waals surface area contributed by atoms with Crippen molar-refractivity contribution in [2.75, 3.05) is 0 Å². The lowest BCUT2D eigenvalue weighted by molar-refractivity contribution is 0.468. The normalized spacial score (nSPS) is 12.6. The summed E-state index contributed by atoms with van der Waals surface area (Å²) in [4.78, 5) is 1.33. The van der Waals surface area contributed by atoms with E-state index in [1.54, 1.807) is 11.3 Å². The number of nitrogens with one attached hydrogen (secondary N) is 1. The van der Waals surface area contributed by atoms with Crippen molar-refractivity contribution in [3.8, 4) is 5.75 Å². The molecule has 0 spiro atoms. The maximum atomic E-state index is 9.65. The summed E-state index contributed by atoms with van der Waals surface area (Å²) in [5, 5.41) is 15.2. The van der Waals surface area contributed by atoms with Gasteiger partial charge in [0.25, 0.3) is 0 Å². The van der Waals surface area contributed by atoms with E-state index in [0.29, 0.717) is 15.0 Å². The van der Waals surface area contributed by atoms with Crippen LogP contribution in [-0.4, -0.2) is 5.11 Å². The lowest BCUT2D eigenvalue weighted by Gasteiger charge is -2.13. The Balaban J connectivity index is 2.02. The molecule has 0 radical (unpaired) electrons. The monoisotopic (exact) mass is 389 g/mol. The van der Waals surface area contributed by atoms with Crippen LogP contribution in [0.1, 0.15) is 23.4 Å². The van der Waals surface area contributed by atoms with Gasteiger partial charge in [-0.05, 0) is 67.9 Å². The molecule has 0 aliphatic heterocycles. The molecule has 0 aliphatic carbocycles. The first kappa shape index (κ1) is 14.1. The largest absolute Gasteiger partial charge is 0.506 e. The van der Waals surface area contributed by atoms with Crippen molar-refractivity contribution >= 4 is 43.2 Å². The van der Waals surface area contributed by atoms with Crippen LogP contribution in [0.25, 0.3) is 0 Å². The fraction of sp³-hybridized carbons (Fsp3) is 0.231. The van der Waals surface area contributed by atoms with Crippen LogP contribution < -0.4 is 5.32 Å². The molecule has 1 atom stereocenters. The average Bonchev–Trinajstić information content (AvgIpc) is 2.86. The van der Waals surface area contributed by atoms with E-state index in [2.05, 4.69) is 61.6 Å². The molecule has 5 heteroatoms. The van der Waals surface area contributed by atoms with Crippen molar-refractivity contribution in [2.24, 2.45) is 0 Å². The van der Waals surface area contributed by atoms with Crippen LogP contribution >= 0.6 is 43.2 Å². The molecule has 2 aromatic rings. The highest BCUT2D eigenvalue weighted by Gasteiger charge is 2.08. The molecule has 0 saturated carbocycles. The van der Waals surface area contributed by atoms with Gasteiger partial charge in [0.05, 0.1) is 8.95 Å². The summed E-state index contributed by atoms with van der Waals surface area (Å²) in [5.41, 5.74) is 1.12. The van der Waals surface area contributed by atoms with Gasteiger partial charge in [-0.1, -0.05) is 6.07 Å². The maximum absolute atomic E-state index is 9.65. The van der Waals surface area contributed by atoms with Crippen LogP contribution in [0.5, 0.6) is 5.75 Å². The van der Waals surface area contributed by atoms with Gasteiger partial charge >= 0.3 is 0 Å². The Morgan fingerprint density at radius 3 is 2.56 bits per heavy atom. The van der Waals surface area contributed by atoms with Gasteiger partial charge in [0, 0.05) is 17.5 Å². The molecule has 1 aromatic carbocycles. The summed E-state index contributed by atoms with van der Waals surface area (Å²) in [6, 6.07) is 8.37. The molecule has 2 N–H and O–H groups in total. The lowest BCUT2D eigenvalue weighted by atomic mass is 10.2. The van der Waals surface area contributed by atoms with Crippen molar-refractivity contribution < 1.29 is 5.11 Å². The average molecular weight is 391 g/mol. The Hall–Kier alpha value is -0.360. The summed E-state index contributed by atoms with van der Waals surface area (Å²) < 4.78 is 1.41. The van der Waals surface area contributed by atoms with E-state index in [9.17, 15) is 5.11 Å². The predicted molar refractivity (Wildman–Crippen MR) is 83.1 cm³/mol. The van der Waals surface area contributed by atoms with Crippen molar-refractivity contribution in [1.82, 2.24) is 5.32 Å². The first-order chi connectivity index (χ1) is 8.58. The Morgan fingerprint density at radius 2 is 2.00 bits per heavy atom. The number of hydrogen-bond acceptors (Lipinski definition) is 3. The lowest BCUT2D eigenvalue weighted by Crippen LogP contribution is -2.17. The zero-order valence-electron chi connectivity index (χ0n) is 9.78. The van der Waals surface area contributed by atoms with Gasteiger partial charge in [-0.3, -0.25) is 0 Å². The highest BCUT2D eigenvalue weighted by atomic mass is 79.9. The zero-order chi connectivity index (χ0) is 13.1. The molecule has 2 nitrogen and oxygen atoms in total. The summed E-state index contributed by atoms with van der Waals surface area (Å²) in [7, 11) is 0. The number of phenolic OH excluding ortho intramolecular Hbond substituents is 1. The van der Waals surface area contributed by atoms with E-state index in [1.807, 2.05) is 12.1 Å². The minimum Gasteiger partial charge on any atom is -0.506 e. The van der Waals surface area contributed by atoms with Crippen molar-refractivity contribution in [1.29, 1.82) is 0 Å². The van der Waals surface area contributed by atoms with E-state index in [4.69, 9.17) is 0 Å². The second-order valence-corrected chi connectivity index (χ2v) is 6.71. The minimum atomic E-state index is 0.241. The Bertz CT molecular complexity index is 505. The number of halogens is 2. The number of phenols is 1. The maximum Gasteiger partial charge on any atom is 0.143 e. The Kier molecular flexibility index (Phi) is 4.84. The van der Waals surface area contributed by atoms with Crippen LogP contribution in [0.2, 0.25) is 0 Å². The SMILES string of the molecule is C[C@@H](NCc1cc(Br)c(O)c(Br)c1)c1cccs1. The summed E-state index contributed by atoms with van der Waals surface area (Å²) in [6.07, 6.45) is 0. The molecule has 1 aromatic heterocycles. The van der Waals surface area contributed by atoms with Gasteiger partial charge in [0.2, 0.25) is 0 Å². The van der Waals surface area contributed by atoms with Crippen LogP contribution in [0, 0.1) is 0 Å². The quantitative estimate of drug-likeness (QED) is 0.783. The number of hydrogen-bond donors (Lipinski definition) is 2. The number of aromatic hydroxyl groups is 1. The third-order valence-electron chi connectivity index (χ3n) is 2.66. The highest BCUT2D eigenvalue weighted by Crippen LogP contribution is 2.33. The van der Waals surface area contributed by atoms with E-state index in [0.717, 1.165) is 12.1 Å². The summed E-state index contributed by atoms with van der Waals surface area (Å²) in [5.74, 6) is 0.241. The molecule has 0 saturated heterocycles. The van der Waals surface area contributed by atoms with Crippen molar-refractivity contribution in [2.45, 2.75) is 19.5 Å². The topological polar surface area (TPSA) is 32.3 Å². The molecule has 96 valence electrons. The highest BCUT2D eigenvalue weighted by molar-refractivity contribution is 9.11. The first-order valence-electron chi connectivity index (χ1n) is 5.51. The van der Waals surface area contributed by atoms with Crippen molar-refractivity contribution in [3.05, 3.63) is 49.0 Å². The standard InChI is InChI=1S/C13H13Br2NOS/c1-8(12-3-2-4-18-12)16-7-9-5-10(14)13(17)11(15)6-9/h2-6,8,16-17H,7H2,1H3/t8-/m1/s1. The van der Waals surface area contributed by atoms with Gasteiger partial charge in [-0.15, -0.1) is 11.3 Å². The van der Waals surface area contributed by atoms with Crippen LogP contribution in [0.3, 0.4) is 0 Å². The van der Waals surface area contributed by atoms with Crippen LogP contribution in [0.15, 0.2) is 38.6 Å². The van der Waals surface area contributed by atoms with E-state index in [-0.39, 0.29) is 5.75 Å². The Labute approximate surface area is 127 Å². The number of rotatable bonds is 4. The third-order valence-corrected chi connectivity index (χ3v) is 4.92. The fourth-order valence-corrected chi connectivity index (χ4v) is 3.67. The molecule has 0 aliphatic rings. The van der Waals surface area contributed by atoms with Gasteiger partial charge in [-0.2, -0.15) is 0 Å². The molecule has 0 unspecified atom stereocenters. The zero-order valence-corrected chi connectivity index (χ0v) is 13.8. The van der Waals surface area contributed by atoms with Gasteiger partial charge in [0.1, 0.15) is 5.75 Å². The molecule has 0 bridgehead atoms. The van der Waals surface area contributed by atoms with E-state index in [1.165, 1.54) is 4.88 Å². The van der Waals surface area contributed by atoms with Gasteiger partial charge in [-0.25, -0.2) is 0 Å². The van der Waals surface area contributed by atoms with Gasteiger partial charge < -0.3 is 10.4 Å². The molecule has 2 rings (SSSR count). The smallest absolute Gasteiger partial charge is 0.143 e. The summed E-state index contributed by atoms with van der Waals surface area (Å²) in [6.45, 7) is 2.91. The fourth-order valence-electron chi connectivity index (χ4n) is 1.63. The number of benzene rings is 1. The van der Waals surface area contributed by atoms with Gasteiger partial charge in [0.15, 0.2) is 0 Å². The molecule has 0 fully saturated rings. The van der Waals surface area contributed by atoms with Crippen LogP contribution in [0.4, 0.5) is 0 Å². The van der Waals surface area contributed by atoms with E-state index >= 15 is 0 Å². The molecular weight excluding hydrogens is 378 g/mol. The number of thiophene rings is 1. The van der Waals surface area contributed by atoms with Crippen molar-refractivity contribution in [3.63, 3.8) is 0 Å². The summed E-state index contributed by atoms with van der Waals surface area (Å²) >= 11 is 8.43. The van der Waals surface area contributed by atoms with Crippen LogP contribution in [-0.2, 0) is 6.54 Å². The molecule has 0 amide bonds. The second-order valence-electron chi connectivity index (χ2n) is 4.03. The molecule has 18 heavy (non-hydrogen) atoms. The predicted octanol–water partition coefficient (Wildman–Crippen LogP) is 4.83. The van der Waals surface area contributed by atoms with E-state index < -0.39 is 0 Å². The third kappa shape index (κ3) is 3.35. The second kappa shape index (κ2) is 6.19. The Morgan fingerprint density at radius 1 is 1.33 bits per heavy atom. The molecular formula is C13H13Br2NOS. The first-order valence-corrected chi connectivity index (χ1v) is 7.98. The minimum absolute atomic E-state index is 0.241. The molecule has 1 heterocycles.